The van der Waals surface area contributed by atoms with Crippen LogP contribution in [0.4, 0.5) is 4.39 Å². The van der Waals surface area contributed by atoms with E-state index in [0.717, 1.165) is 56.1 Å². The van der Waals surface area contributed by atoms with Crippen LogP contribution in [0, 0.1) is 5.82 Å². The first-order valence-electron chi connectivity index (χ1n) is 9.78. The molecule has 0 atom stereocenters. The molecule has 1 fully saturated rings. The molecular formula is C22H25FN2O2. The van der Waals surface area contributed by atoms with Gasteiger partial charge in [0.05, 0.1) is 5.52 Å². The first kappa shape index (κ1) is 18.0. The molecule has 27 heavy (non-hydrogen) atoms. The molecule has 3 aromatic rings. The zero-order chi connectivity index (χ0) is 18.6. The van der Waals surface area contributed by atoms with E-state index in [4.69, 9.17) is 4.42 Å². The predicted molar refractivity (Wildman–Crippen MR) is 105 cm³/mol. The molecule has 1 saturated carbocycles. The topological polar surface area (TPSA) is 58.0 Å². The summed E-state index contributed by atoms with van der Waals surface area (Å²) < 4.78 is 18.4. The molecule has 1 aromatic heterocycles. The first-order valence-corrected chi connectivity index (χ1v) is 9.78. The van der Waals surface area contributed by atoms with Gasteiger partial charge >= 0.3 is 5.76 Å². The second kappa shape index (κ2) is 8.09. The summed E-state index contributed by atoms with van der Waals surface area (Å²) in [4.78, 5) is 14.0. The van der Waals surface area contributed by atoms with Crippen molar-refractivity contribution in [3.63, 3.8) is 0 Å². The molecule has 0 spiro atoms. The van der Waals surface area contributed by atoms with Crippen molar-refractivity contribution in [1.29, 1.82) is 0 Å². The Bertz CT molecular complexity index is 954. The van der Waals surface area contributed by atoms with E-state index in [0.29, 0.717) is 17.5 Å². The van der Waals surface area contributed by atoms with Crippen LogP contribution in [0.15, 0.2) is 51.7 Å². The van der Waals surface area contributed by atoms with Crippen LogP contribution in [0.3, 0.4) is 0 Å². The minimum absolute atomic E-state index is 0.157. The van der Waals surface area contributed by atoms with Crippen LogP contribution in [0.1, 0.15) is 49.1 Å². The molecule has 4 nitrogen and oxygen atoms in total. The zero-order valence-electron chi connectivity index (χ0n) is 15.3. The molecule has 0 bridgehead atoms. The van der Waals surface area contributed by atoms with Gasteiger partial charge in [0.1, 0.15) is 5.82 Å². The monoisotopic (exact) mass is 368 g/mol. The number of H-pyrrole nitrogens is 1. The maximum atomic E-state index is 13.2. The van der Waals surface area contributed by atoms with Crippen LogP contribution in [-0.4, -0.2) is 17.6 Å². The standard InChI is InChI=1S/C22H25FN2O2/c23-18-5-1-3-15(13-18)4-2-12-24-19-9-6-16(7-10-19)17-8-11-20-21(14-17)27-22(26)25-20/h1,3,5,8,11,13-14,16,19,24H,2,4,6-7,9-10,12H2,(H,25,26). The van der Waals surface area contributed by atoms with Gasteiger partial charge in [-0.2, -0.15) is 0 Å². The highest BCUT2D eigenvalue weighted by molar-refractivity contribution is 5.72. The van der Waals surface area contributed by atoms with Gasteiger partial charge in [-0.25, -0.2) is 9.18 Å². The summed E-state index contributed by atoms with van der Waals surface area (Å²) in [7, 11) is 0. The van der Waals surface area contributed by atoms with E-state index in [1.165, 1.54) is 11.6 Å². The van der Waals surface area contributed by atoms with Crippen LogP contribution in [-0.2, 0) is 6.42 Å². The van der Waals surface area contributed by atoms with Crippen LogP contribution in [0.25, 0.3) is 11.1 Å². The molecule has 4 rings (SSSR count). The number of aromatic nitrogens is 1. The SMILES string of the molecule is O=c1[nH]c2ccc(C3CCC(NCCCc4cccc(F)c4)CC3)cc2o1. The summed E-state index contributed by atoms with van der Waals surface area (Å²) in [6.45, 7) is 0.965. The Morgan fingerprint density at radius 2 is 1.96 bits per heavy atom. The third kappa shape index (κ3) is 4.48. The normalized spacial score (nSPS) is 20.2. The Morgan fingerprint density at radius 1 is 1.11 bits per heavy atom. The molecule has 0 saturated heterocycles. The highest BCUT2D eigenvalue weighted by atomic mass is 19.1. The van der Waals surface area contributed by atoms with Crippen LogP contribution >= 0.6 is 0 Å². The average molecular weight is 368 g/mol. The van der Waals surface area contributed by atoms with Crippen molar-refractivity contribution in [2.45, 2.75) is 50.5 Å². The minimum atomic E-state index is -0.395. The fourth-order valence-corrected chi connectivity index (χ4v) is 4.14. The van der Waals surface area contributed by atoms with Gasteiger partial charge < -0.3 is 9.73 Å². The van der Waals surface area contributed by atoms with Gasteiger partial charge in [-0.15, -0.1) is 0 Å². The van der Waals surface area contributed by atoms with E-state index in [1.807, 2.05) is 18.2 Å². The Labute approximate surface area is 157 Å². The fourth-order valence-electron chi connectivity index (χ4n) is 4.14. The van der Waals surface area contributed by atoms with Crippen molar-refractivity contribution < 1.29 is 8.81 Å². The lowest BCUT2D eigenvalue weighted by molar-refractivity contribution is 0.342. The van der Waals surface area contributed by atoms with Crippen LogP contribution in [0.5, 0.6) is 0 Å². The van der Waals surface area contributed by atoms with Crippen LogP contribution in [0.2, 0.25) is 0 Å². The largest absolute Gasteiger partial charge is 0.417 e. The van der Waals surface area contributed by atoms with E-state index in [2.05, 4.69) is 16.4 Å². The summed E-state index contributed by atoms with van der Waals surface area (Å²) in [6, 6.07) is 13.5. The van der Waals surface area contributed by atoms with E-state index < -0.39 is 5.76 Å². The highest BCUT2D eigenvalue weighted by Crippen LogP contribution is 2.33. The second-order valence-corrected chi connectivity index (χ2v) is 7.51. The first-order chi connectivity index (χ1) is 13.2. The molecule has 5 heteroatoms. The van der Waals surface area contributed by atoms with Crippen LogP contribution < -0.4 is 11.1 Å². The molecular weight excluding hydrogens is 343 g/mol. The maximum Gasteiger partial charge on any atom is 0.417 e. The summed E-state index contributed by atoms with van der Waals surface area (Å²) in [5, 5.41) is 3.65. The van der Waals surface area contributed by atoms with E-state index in [1.54, 1.807) is 12.1 Å². The lowest BCUT2D eigenvalue weighted by atomic mass is 9.81. The number of hydrogen-bond acceptors (Lipinski definition) is 3. The number of nitrogens with one attached hydrogen (secondary N) is 2. The summed E-state index contributed by atoms with van der Waals surface area (Å²) in [5.41, 5.74) is 3.73. The molecule has 2 N–H and O–H groups in total. The van der Waals surface area contributed by atoms with Crippen molar-refractivity contribution in [2.24, 2.45) is 0 Å². The van der Waals surface area contributed by atoms with E-state index in [9.17, 15) is 9.18 Å². The van der Waals surface area contributed by atoms with Crippen molar-refractivity contribution in [1.82, 2.24) is 10.3 Å². The molecule has 1 aliphatic rings. The lowest BCUT2D eigenvalue weighted by Crippen LogP contribution is -2.33. The quantitative estimate of drug-likeness (QED) is 0.630. The number of oxazole rings is 1. The number of aryl methyl sites for hydroxylation is 1. The maximum absolute atomic E-state index is 13.2. The molecule has 0 unspecified atom stereocenters. The molecule has 142 valence electrons. The summed E-state index contributed by atoms with van der Waals surface area (Å²) in [5.74, 6) is -0.0240. The summed E-state index contributed by atoms with van der Waals surface area (Å²) in [6.07, 6.45) is 6.51. The van der Waals surface area contributed by atoms with Gasteiger partial charge in [-0.3, -0.25) is 4.98 Å². The number of benzene rings is 2. The number of aromatic amines is 1. The van der Waals surface area contributed by atoms with Gasteiger partial charge in [0.25, 0.3) is 0 Å². The predicted octanol–water partition coefficient (Wildman–Crippen LogP) is 4.51. The van der Waals surface area contributed by atoms with Gasteiger partial charge in [0.2, 0.25) is 0 Å². The van der Waals surface area contributed by atoms with Gasteiger partial charge in [0, 0.05) is 6.04 Å². The smallest absolute Gasteiger partial charge is 0.408 e. The number of fused-ring (bicyclic) bond motifs is 1. The third-order valence-corrected chi connectivity index (χ3v) is 5.61. The average Bonchev–Trinajstić information content (AvgIpc) is 3.05. The number of hydrogen-bond donors (Lipinski definition) is 2. The fraction of sp³-hybridized carbons (Fsp3) is 0.409. The Hall–Kier alpha value is -2.40. The molecule has 1 heterocycles. The molecule has 0 radical (unpaired) electrons. The third-order valence-electron chi connectivity index (χ3n) is 5.61. The molecule has 1 aliphatic carbocycles. The minimum Gasteiger partial charge on any atom is -0.408 e. The Balaban J connectivity index is 1.23. The number of halogens is 1. The Kier molecular flexibility index (Phi) is 5.39. The van der Waals surface area contributed by atoms with E-state index >= 15 is 0 Å². The van der Waals surface area contributed by atoms with Crippen molar-refractivity contribution in [3.8, 4) is 0 Å². The van der Waals surface area contributed by atoms with Gasteiger partial charge in [-0.05, 0) is 86.4 Å². The van der Waals surface area contributed by atoms with E-state index in [-0.39, 0.29) is 5.82 Å². The molecule has 0 aliphatic heterocycles. The lowest BCUT2D eigenvalue weighted by Gasteiger charge is -2.29. The van der Waals surface area contributed by atoms with Crippen molar-refractivity contribution >= 4 is 11.1 Å². The van der Waals surface area contributed by atoms with Gasteiger partial charge in [-0.1, -0.05) is 18.2 Å². The second-order valence-electron chi connectivity index (χ2n) is 7.51. The van der Waals surface area contributed by atoms with Crippen molar-refractivity contribution in [2.75, 3.05) is 6.54 Å². The number of rotatable bonds is 6. The highest BCUT2D eigenvalue weighted by Gasteiger charge is 2.22. The molecule has 0 amide bonds. The zero-order valence-corrected chi connectivity index (χ0v) is 15.3. The van der Waals surface area contributed by atoms with Crippen molar-refractivity contribution in [3.05, 3.63) is 70.0 Å². The molecule has 2 aromatic carbocycles. The Morgan fingerprint density at radius 3 is 2.78 bits per heavy atom. The van der Waals surface area contributed by atoms with Gasteiger partial charge in [0.15, 0.2) is 5.58 Å². The summed E-state index contributed by atoms with van der Waals surface area (Å²) >= 11 is 0.